The molecule has 6 heteroatoms. The highest BCUT2D eigenvalue weighted by molar-refractivity contribution is 8.19. The van der Waals surface area contributed by atoms with E-state index in [0.717, 1.165) is 33.6 Å². The minimum absolute atomic E-state index is 0.126. The fourth-order valence-electron chi connectivity index (χ4n) is 4.33. The van der Waals surface area contributed by atoms with Gasteiger partial charge < -0.3 is 4.90 Å². The van der Waals surface area contributed by atoms with Crippen molar-refractivity contribution in [3.05, 3.63) is 70.1 Å². The highest BCUT2D eigenvalue weighted by Gasteiger charge is 2.42. The second-order valence-electron chi connectivity index (χ2n) is 7.92. The zero-order valence-electron chi connectivity index (χ0n) is 17.1. The van der Waals surface area contributed by atoms with Crippen molar-refractivity contribution in [2.24, 2.45) is 4.99 Å². The number of nitrogens with zero attached hydrogens (tertiary/aromatic N) is 3. The molecule has 1 saturated heterocycles. The fourth-order valence-corrected chi connectivity index (χ4v) is 6.71. The lowest BCUT2D eigenvalue weighted by molar-refractivity contribution is -0.124. The number of rotatable bonds is 3. The quantitative estimate of drug-likeness (QED) is 0.566. The summed E-state index contributed by atoms with van der Waals surface area (Å²) in [6.45, 7) is 0.603. The van der Waals surface area contributed by atoms with Crippen LogP contribution in [0.3, 0.4) is 0 Å². The summed E-state index contributed by atoms with van der Waals surface area (Å²) in [5.41, 5.74) is 2.33. The van der Waals surface area contributed by atoms with E-state index in [1.165, 1.54) is 29.7 Å². The van der Waals surface area contributed by atoms with Gasteiger partial charge in [-0.05, 0) is 42.3 Å². The summed E-state index contributed by atoms with van der Waals surface area (Å²) in [6.07, 6.45) is 5.79. The number of benzene rings is 2. The molecule has 0 aromatic heterocycles. The number of carbonyl (C=O) groups excluding carboxylic acids is 1. The lowest BCUT2D eigenvalue weighted by Crippen LogP contribution is -2.40. The average molecular weight is 436 g/mol. The molecule has 4 nitrogen and oxygen atoms in total. The number of thioether (sulfide) groups is 2. The minimum Gasteiger partial charge on any atom is -0.337 e. The number of amides is 1. The summed E-state index contributed by atoms with van der Waals surface area (Å²) < 4.78 is 0. The predicted octanol–water partition coefficient (Wildman–Crippen LogP) is 5.86. The molecule has 1 amide bonds. The number of amidine groups is 1. The maximum atomic E-state index is 13.6. The van der Waals surface area contributed by atoms with Crippen LogP contribution in [0.25, 0.3) is 0 Å². The van der Waals surface area contributed by atoms with Crippen molar-refractivity contribution in [1.82, 2.24) is 4.90 Å². The Hall–Kier alpha value is -2.18. The van der Waals surface area contributed by atoms with Crippen molar-refractivity contribution in [2.75, 3.05) is 11.9 Å². The van der Waals surface area contributed by atoms with Gasteiger partial charge in [0.25, 0.3) is 5.91 Å². The van der Waals surface area contributed by atoms with Crippen LogP contribution in [0.5, 0.6) is 0 Å². The zero-order valence-corrected chi connectivity index (χ0v) is 18.7. The monoisotopic (exact) mass is 435 g/mol. The summed E-state index contributed by atoms with van der Waals surface area (Å²) in [5, 5.41) is 1.89. The number of hydrogen-bond acceptors (Lipinski definition) is 5. The van der Waals surface area contributed by atoms with Gasteiger partial charge in [-0.1, -0.05) is 73.5 Å². The molecule has 3 aliphatic rings. The Labute approximate surface area is 186 Å². The summed E-state index contributed by atoms with van der Waals surface area (Å²) >= 11 is 3.25. The van der Waals surface area contributed by atoms with Gasteiger partial charge in [-0.3, -0.25) is 14.7 Å². The van der Waals surface area contributed by atoms with E-state index < -0.39 is 0 Å². The molecule has 2 heterocycles. The first-order valence-corrected chi connectivity index (χ1v) is 12.2. The molecule has 0 atom stereocenters. The van der Waals surface area contributed by atoms with E-state index >= 15 is 0 Å². The summed E-state index contributed by atoms with van der Waals surface area (Å²) in [6, 6.07) is 18.9. The highest BCUT2D eigenvalue weighted by Crippen LogP contribution is 2.50. The largest absolute Gasteiger partial charge is 0.337 e. The van der Waals surface area contributed by atoms with Gasteiger partial charge in [0.2, 0.25) is 0 Å². The Morgan fingerprint density at radius 1 is 0.967 bits per heavy atom. The van der Waals surface area contributed by atoms with Crippen LogP contribution >= 0.6 is 23.5 Å². The number of aliphatic imine (C=N–C) groups is 1. The fraction of sp³-hybridized carbons (Fsp3) is 0.333. The topological polar surface area (TPSA) is 35.9 Å². The summed E-state index contributed by atoms with van der Waals surface area (Å²) in [7, 11) is 2.05. The Bertz CT molecular complexity index is 1010. The lowest BCUT2D eigenvalue weighted by Gasteiger charge is -2.30. The first-order valence-electron chi connectivity index (χ1n) is 10.6. The van der Waals surface area contributed by atoms with Crippen LogP contribution in [0.1, 0.15) is 37.7 Å². The molecule has 1 saturated carbocycles. The van der Waals surface area contributed by atoms with Gasteiger partial charge in [0, 0.05) is 18.0 Å². The molecule has 2 aromatic carbocycles. The second-order valence-corrected chi connectivity index (χ2v) is 9.92. The lowest BCUT2D eigenvalue weighted by atomic mass is 9.94. The second kappa shape index (κ2) is 8.52. The van der Waals surface area contributed by atoms with Gasteiger partial charge in [-0.25, -0.2) is 0 Å². The summed E-state index contributed by atoms with van der Waals surface area (Å²) in [5.74, 6) is 0.126. The molecule has 30 heavy (non-hydrogen) atoms. The smallest absolute Gasteiger partial charge is 0.269 e. The summed E-state index contributed by atoms with van der Waals surface area (Å²) in [4.78, 5) is 24.7. The SMILES string of the molecule is CN1C(=C2SC(=NCc3ccccc3)N(C3CCCCC3)C2=O)Sc2ccccc21. The molecule has 0 spiro atoms. The minimum atomic E-state index is 0.126. The van der Waals surface area contributed by atoms with Crippen LogP contribution in [0.4, 0.5) is 5.69 Å². The highest BCUT2D eigenvalue weighted by atomic mass is 32.2. The van der Waals surface area contributed by atoms with Gasteiger partial charge in [0.05, 0.1) is 17.3 Å². The van der Waals surface area contributed by atoms with Crippen molar-refractivity contribution in [1.29, 1.82) is 0 Å². The van der Waals surface area contributed by atoms with Crippen molar-refractivity contribution in [3.63, 3.8) is 0 Å². The van der Waals surface area contributed by atoms with Gasteiger partial charge in [0.1, 0.15) is 4.91 Å². The van der Waals surface area contributed by atoms with Crippen LogP contribution in [0.2, 0.25) is 0 Å². The normalized spacial score (nSPS) is 23.5. The Morgan fingerprint density at radius 2 is 1.70 bits per heavy atom. The van der Waals surface area contributed by atoms with Gasteiger partial charge in [-0.15, -0.1) is 0 Å². The molecule has 0 unspecified atom stereocenters. The molecule has 154 valence electrons. The zero-order chi connectivity index (χ0) is 20.5. The van der Waals surface area contributed by atoms with Crippen molar-refractivity contribution >= 4 is 40.3 Å². The number of anilines is 1. The van der Waals surface area contributed by atoms with E-state index in [4.69, 9.17) is 4.99 Å². The number of carbonyl (C=O) groups is 1. The van der Waals surface area contributed by atoms with E-state index in [0.29, 0.717) is 6.54 Å². The van der Waals surface area contributed by atoms with Crippen molar-refractivity contribution in [2.45, 2.75) is 49.6 Å². The van der Waals surface area contributed by atoms with E-state index in [1.54, 1.807) is 23.5 Å². The molecular weight excluding hydrogens is 410 g/mol. The molecular formula is C24H25N3OS2. The molecule has 5 rings (SSSR count). The number of fused-ring (bicyclic) bond motifs is 1. The standard InChI is InChI=1S/C24H25N3OS2/c1-26-19-14-8-9-15-20(19)29-23(26)21-22(28)27(18-12-6-3-7-13-18)24(30-21)25-16-17-10-4-2-5-11-17/h2,4-5,8-11,14-15,18H,3,6-7,12-13,16H2,1H3. The number of para-hydroxylation sites is 1. The molecule has 0 N–H and O–H groups in total. The van der Waals surface area contributed by atoms with E-state index in [2.05, 4.69) is 42.3 Å². The Morgan fingerprint density at radius 3 is 2.47 bits per heavy atom. The molecule has 2 aliphatic heterocycles. The van der Waals surface area contributed by atoms with Crippen molar-refractivity contribution in [3.8, 4) is 0 Å². The van der Waals surface area contributed by atoms with E-state index in [1.807, 2.05) is 29.2 Å². The van der Waals surface area contributed by atoms with E-state index in [9.17, 15) is 4.79 Å². The third-order valence-electron chi connectivity index (χ3n) is 5.92. The third kappa shape index (κ3) is 3.67. The molecule has 2 fully saturated rings. The predicted molar refractivity (Wildman–Crippen MR) is 127 cm³/mol. The van der Waals surface area contributed by atoms with Crippen molar-refractivity contribution < 1.29 is 4.79 Å². The van der Waals surface area contributed by atoms with Crippen LogP contribution in [-0.4, -0.2) is 29.1 Å². The van der Waals surface area contributed by atoms with Crippen LogP contribution < -0.4 is 4.90 Å². The average Bonchev–Trinajstić information content (AvgIpc) is 3.30. The maximum absolute atomic E-state index is 13.6. The molecule has 0 radical (unpaired) electrons. The van der Waals surface area contributed by atoms with Crippen LogP contribution in [0.15, 0.2) is 74.4 Å². The Balaban J connectivity index is 1.49. The third-order valence-corrected chi connectivity index (χ3v) is 8.37. The van der Waals surface area contributed by atoms with Gasteiger partial charge in [0.15, 0.2) is 5.17 Å². The maximum Gasteiger partial charge on any atom is 0.269 e. The van der Waals surface area contributed by atoms with Crippen LogP contribution in [-0.2, 0) is 11.3 Å². The van der Waals surface area contributed by atoms with Crippen LogP contribution in [0, 0.1) is 0 Å². The first-order chi connectivity index (χ1) is 14.7. The number of hydrogen-bond donors (Lipinski definition) is 0. The van der Waals surface area contributed by atoms with Gasteiger partial charge >= 0.3 is 0 Å². The first kappa shape index (κ1) is 19.8. The Kier molecular flexibility index (Phi) is 5.61. The molecule has 2 aromatic rings. The molecule has 1 aliphatic carbocycles. The van der Waals surface area contributed by atoms with Gasteiger partial charge in [-0.2, -0.15) is 0 Å². The molecule has 0 bridgehead atoms. The van der Waals surface area contributed by atoms with E-state index in [-0.39, 0.29) is 11.9 Å².